The van der Waals surface area contributed by atoms with Crippen LogP contribution in [0.25, 0.3) is 10.8 Å². The van der Waals surface area contributed by atoms with E-state index in [1.807, 2.05) is 60.7 Å². The molecule has 4 aromatic rings. The molecule has 0 aliphatic rings. The van der Waals surface area contributed by atoms with Crippen LogP contribution in [0, 0.1) is 0 Å². The van der Waals surface area contributed by atoms with E-state index in [2.05, 4.69) is 5.10 Å². The van der Waals surface area contributed by atoms with Crippen molar-refractivity contribution in [3.8, 4) is 5.75 Å². The van der Waals surface area contributed by atoms with E-state index in [4.69, 9.17) is 9.47 Å². The normalized spacial score (nSPS) is 10.8. The van der Waals surface area contributed by atoms with Gasteiger partial charge in [0.15, 0.2) is 5.69 Å². The number of phenols is 1. The Bertz CT molecular complexity index is 1270. The molecule has 32 heavy (non-hydrogen) atoms. The third-order valence-corrected chi connectivity index (χ3v) is 5.77. The largest absolute Gasteiger partial charge is 0.507 e. The molecule has 0 fully saturated rings. The summed E-state index contributed by atoms with van der Waals surface area (Å²) in [5, 5.41) is 16.1. The second kappa shape index (κ2) is 9.57. The summed E-state index contributed by atoms with van der Waals surface area (Å²) in [6, 6.07) is 21.9. The average Bonchev–Trinajstić information content (AvgIpc) is 3.26. The first-order valence-electron chi connectivity index (χ1n) is 9.78. The Hall–Kier alpha value is -3.78. The van der Waals surface area contributed by atoms with E-state index >= 15 is 0 Å². The summed E-state index contributed by atoms with van der Waals surface area (Å²) in [6.07, 6.45) is -0.694. The Morgan fingerprint density at radius 2 is 1.78 bits per heavy atom. The summed E-state index contributed by atoms with van der Waals surface area (Å²) in [5.74, 6) is -0.145. The molecule has 1 heterocycles. The SMILES string of the molecule is COC(=O)c1cc(CSc2cc(O)c3ccccc3c2)n(C(=O)OCc2ccccc2)n1. The molecule has 8 heteroatoms. The number of ether oxygens (including phenoxy) is 2. The smallest absolute Gasteiger partial charge is 0.435 e. The molecule has 0 atom stereocenters. The number of aromatic nitrogens is 2. The first-order valence-corrected chi connectivity index (χ1v) is 10.8. The number of nitrogens with zero attached hydrogens (tertiary/aromatic N) is 2. The van der Waals surface area contributed by atoms with Gasteiger partial charge in [0.05, 0.1) is 12.8 Å². The molecule has 4 rings (SSSR count). The summed E-state index contributed by atoms with van der Waals surface area (Å²) in [4.78, 5) is 25.4. The topological polar surface area (TPSA) is 90.7 Å². The van der Waals surface area contributed by atoms with Crippen LogP contribution in [0.1, 0.15) is 21.7 Å². The predicted molar refractivity (Wildman–Crippen MR) is 121 cm³/mol. The predicted octanol–water partition coefficient (Wildman–Crippen LogP) is 5.01. The van der Waals surface area contributed by atoms with Crippen molar-refractivity contribution in [2.24, 2.45) is 0 Å². The summed E-state index contributed by atoms with van der Waals surface area (Å²) in [5.41, 5.74) is 1.32. The van der Waals surface area contributed by atoms with Crippen LogP contribution in [0.3, 0.4) is 0 Å². The number of benzene rings is 3. The third-order valence-electron chi connectivity index (χ3n) is 4.76. The van der Waals surface area contributed by atoms with E-state index in [0.29, 0.717) is 11.4 Å². The maximum atomic E-state index is 12.7. The number of hydrogen-bond acceptors (Lipinski definition) is 7. The zero-order chi connectivity index (χ0) is 22.5. The highest BCUT2D eigenvalue weighted by Gasteiger charge is 2.20. The molecule has 0 aliphatic carbocycles. The van der Waals surface area contributed by atoms with Crippen LogP contribution in [-0.4, -0.2) is 34.1 Å². The van der Waals surface area contributed by atoms with E-state index < -0.39 is 12.1 Å². The summed E-state index contributed by atoms with van der Waals surface area (Å²) < 4.78 is 11.2. The maximum absolute atomic E-state index is 12.7. The minimum atomic E-state index is -0.694. The lowest BCUT2D eigenvalue weighted by Crippen LogP contribution is -2.18. The van der Waals surface area contributed by atoms with Gasteiger partial charge in [-0.2, -0.15) is 9.78 Å². The van der Waals surface area contributed by atoms with Crippen molar-refractivity contribution in [3.05, 3.63) is 89.7 Å². The summed E-state index contributed by atoms with van der Waals surface area (Å²) in [7, 11) is 1.25. The van der Waals surface area contributed by atoms with Crippen molar-refractivity contribution in [1.29, 1.82) is 0 Å². The van der Waals surface area contributed by atoms with Gasteiger partial charge in [0.1, 0.15) is 12.4 Å². The number of hydrogen-bond donors (Lipinski definition) is 1. The summed E-state index contributed by atoms with van der Waals surface area (Å²) >= 11 is 1.40. The number of fused-ring (bicyclic) bond motifs is 1. The van der Waals surface area contributed by atoms with Crippen LogP contribution >= 0.6 is 11.8 Å². The Balaban J connectivity index is 1.55. The summed E-state index contributed by atoms with van der Waals surface area (Å²) in [6.45, 7) is 0.0816. The van der Waals surface area contributed by atoms with Crippen molar-refractivity contribution in [2.75, 3.05) is 7.11 Å². The Labute approximate surface area is 188 Å². The van der Waals surface area contributed by atoms with Gasteiger partial charge < -0.3 is 14.6 Å². The fourth-order valence-electron chi connectivity index (χ4n) is 3.17. The monoisotopic (exact) mass is 448 g/mol. The van der Waals surface area contributed by atoms with Gasteiger partial charge >= 0.3 is 12.1 Å². The van der Waals surface area contributed by atoms with Crippen molar-refractivity contribution in [1.82, 2.24) is 9.78 Å². The molecule has 0 saturated carbocycles. The molecule has 0 spiro atoms. The highest BCUT2D eigenvalue weighted by Crippen LogP contribution is 2.32. The number of methoxy groups -OCH3 is 1. The molecule has 0 bridgehead atoms. The zero-order valence-corrected chi connectivity index (χ0v) is 18.0. The molecule has 1 aromatic heterocycles. The maximum Gasteiger partial charge on any atom is 0.435 e. The lowest BCUT2D eigenvalue weighted by molar-refractivity contribution is 0.0593. The first kappa shape index (κ1) is 21.5. The molecule has 0 unspecified atom stereocenters. The minimum absolute atomic E-state index is 0.0149. The van der Waals surface area contributed by atoms with Crippen molar-refractivity contribution in [2.45, 2.75) is 17.3 Å². The third kappa shape index (κ3) is 4.76. The minimum Gasteiger partial charge on any atom is -0.507 e. The van der Waals surface area contributed by atoms with Crippen molar-refractivity contribution >= 4 is 34.6 Å². The lowest BCUT2D eigenvalue weighted by Gasteiger charge is -2.09. The zero-order valence-electron chi connectivity index (χ0n) is 17.2. The fourth-order valence-corrected chi connectivity index (χ4v) is 4.10. The fraction of sp³-hybridized carbons (Fsp3) is 0.125. The highest BCUT2D eigenvalue weighted by atomic mass is 32.2. The van der Waals surface area contributed by atoms with Crippen molar-refractivity contribution < 1.29 is 24.2 Å². The van der Waals surface area contributed by atoms with E-state index in [-0.39, 0.29) is 18.1 Å². The van der Waals surface area contributed by atoms with Crippen LogP contribution in [0.15, 0.2) is 77.7 Å². The molecule has 3 aromatic carbocycles. The molecular weight excluding hydrogens is 428 g/mol. The lowest BCUT2D eigenvalue weighted by atomic mass is 10.1. The van der Waals surface area contributed by atoms with Crippen LogP contribution in [0.5, 0.6) is 5.75 Å². The van der Waals surface area contributed by atoms with Gasteiger partial charge in [-0.25, -0.2) is 9.59 Å². The van der Waals surface area contributed by atoms with Crippen LogP contribution in [0.4, 0.5) is 4.79 Å². The van der Waals surface area contributed by atoms with Gasteiger partial charge in [-0.1, -0.05) is 54.6 Å². The van der Waals surface area contributed by atoms with Crippen LogP contribution < -0.4 is 0 Å². The van der Waals surface area contributed by atoms with Gasteiger partial charge in [-0.3, -0.25) is 0 Å². The molecular formula is C24H20N2O5S. The van der Waals surface area contributed by atoms with Gasteiger partial charge in [-0.05, 0) is 29.1 Å². The molecule has 0 aliphatic heterocycles. The second-order valence-electron chi connectivity index (χ2n) is 6.92. The van der Waals surface area contributed by atoms with E-state index in [1.165, 1.54) is 24.9 Å². The number of esters is 1. The van der Waals surface area contributed by atoms with Gasteiger partial charge in [0.2, 0.25) is 0 Å². The van der Waals surface area contributed by atoms with E-state index in [9.17, 15) is 14.7 Å². The Morgan fingerprint density at radius 1 is 1.03 bits per heavy atom. The number of thioether (sulfide) groups is 1. The van der Waals surface area contributed by atoms with E-state index in [1.54, 1.807) is 6.07 Å². The first-order chi connectivity index (χ1) is 15.5. The number of carbonyl (C=O) groups is 2. The van der Waals surface area contributed by atoms with Gasteiger partial charge in [0, 0.05) is 16.0 Å². The van der Waals surface area contributed by atoms with Gasteiger partial charge in [0.25, 0.3) is 0 Å². The quantitative estimate of drug-likeness (QED) is 0.328. The van der Waals surface area contributed by atoms with Gasteiger partial charge in [-0.15, -0.1) is 11.8 Å². The van der Waals surface area contributed by atoms with Crippen LogP contribution in [0.2, 0.25) is 0 Å². The van der Waals surface area contributed by atoms with E-state index in [0.717, 1.165) is 25.9 Å². The highest BCUT2D eigenvalue weighted by molar-refractivity contribution is 7.98. The molecule has 1 N–H and O–H groups in total. The van der Waals surface area contributed by atoms with Crippen LogP contribution in [-0.2, 0) is 21.8 Å². The molecule has 0 saturated heterocycles. The number of carbonyl (C=O) groups excluding carboxylic acids is 2. The Kier molecular flexibility index (Phi) is 6.42. The Morgan fingerprint density at radius 3 is 2.56 bits per heavy atom. The number of rotatable bonds is 6. The van der Waals surface area contributed by atoms with Crippen molar-refractivity contribution in [3.63, 3.8) is 0 Å². The molecule has 0 radical (unpaired) electrons. The molecule has 162 valence electrons. The molecule has 7 nitrogen and oxygen atoms in total. The average molecular weight is 449 g/mol. The standard InChI is InChI=1S/C24H20N2O5S/c1-30-23(28)21-12-18(26(25-21)24(29)31-14-16-7-3-2-4-8-16)15-32-19-11-17-9-5-6-10-20(17)22(27)13-19/h2-13,27H,14-15H2,1H3. The second-order valence-corrected chi connectivity index (χ2v) is 7.97. The molecule has 0 amide bonds. The number of phenolic OH excluding ortho intramolecular Hbond substituents is 1. The number of aromatic hydroxyl groups is 1.